The standard InChI is InChI=1S/C30H31F3N6O4S/c1-3-34-28(43)37-24-10-17(26-36-22(14-44-26)30(31,32)33)19(12-35-24)16-5-6-21-18(9-16)25(40)20(27(41)42)13-39(21)23-11-29(23)7-8-38(4-2)15-29/h5-6,9-10,12,14,20,23H,3-4,7-8,11,13,15H2,1-2H3,(H,41,42)(H2,34,35,37,43)/t20?,23-,29+/m1/s1. The highest BCUT2D eigenvalue weighted by atomic mass is 32.1. The Labute approximate surface area is 255 Å². The fourth-order valence-corrected chi connectivity index (χ4v) is 7.30. The van der Waals surface area contributed by atoms with E-state index in [-0.39, 0.29) is 40.0 Å². The lowest BCUT2D eigenvalue weighted by Crippen LogP contribution is -2.45. The maximum absolute atomic E-state index is 13.5. The summed E-state index contributed by atoms with van der Waals surface area (Å²) in [6, 6.07) is 6.16. The third-order valence-electron chi connectivity index (χ3n) is 8.82. The number of carbonyl (C=O) groups is 3. The predicted octanol–water partition coefficient (Wildman–Crippen LogP) is 5.22. The highest BCUT2D eigenvalue weighted by Gasteiger charge is 2.61. The summed E-state index contributed by atoms with van der Waals surface area (Å²) in [5.74, 6) is -2.85. The molecule has 2 aliphatic heterocycles. The van der Waals surface area contributed by atoms with E-state index in [1.54, 1.807) is 25.1 Å². The van der Waals surface area contributed by atoms with E-state index in [4.69, 9.17) is 0 Å². The van der Waals surface area contributed by atoms with Crippen molar-refractivity contribution in [2.75, 3.05) is 42.9 Å². The van der Waals surface area contributed by atoms with Gasteiger partial charge < -0.3 is 20.2 Å². The van der Waals surface area contributed by atoms with Crippen LogP contribution in [0.1, 0.15) is 42.7 Å². The Morgan fingerprint density at radius 1 is 1.18 bits per heavy atom. The van der Waals surface area contributed by atoms with Crippen LogP contribution in [0.5, 0.6) is 0 Å². The van der Waals surface area contributed by atoms with Crippen LogP contribution in [0, 0.1) is 11.3 Å². The number of thiazole rings is 1. The Balaban J connectivity index is 1.41. The molecule has 3 N–H and O–H groups in total. The first kappa shape index (κ1) is 30.0. The number of anilines is 2. The van der Waals surface area contributed by atoms with Crippen LogP contribution in [0.25, 0.3) is 21.7 Å². The van der Waals surface area contributed by atoms with Crippen molar-refractivity contribution in [1.29, 1.82) is 0 Å². The van der Waals surface area contributed by atoms with Crippen LogP contribution >= 0.6 is 11.3 Å². The molecule has 1 spiro atoms. The Hall–Kier alpha value is -4.04. The van der Waals surface area contributed by atoms with Crippen molar-refractivity contribution in [3.05, 3.63) is 47.1 Å². The largest absolute Gasteiger partial charge is 0.481 e. The fourth-order valence-electron chi connectivity index (χ4n) is 6.44. The molecule has 2 aromatic heterocycles. The van der Waals surface area contributed by atoms with Gasteiger partial charge in [-0.3, -0.25) is 14.9 Å². The Bertz CT molecular complexity index is 1640. The molecular weight excluding hydrogens is 597 g/mol. The normalized spacial score (nSPS) is 23.1. The van der Waals surface area contributed by atoms with Crippen LogP contribution in [-0.2, 0) is 11.0 Å². The van der Waals surface area contributed by atoms with E-state index in [0.717, 1.165) is 49.2 Å². The highest BCUT2D eigenvalue weighted by Crippen LogP contribution is 2.57. The third kappa shape index (κ3) is 5.40. The van der Waals surface area contributed by atoms with Crippen LogP contribution in [0.4, 0.5) is 29.5 Å². The van der Waals surface area contributed by atoms with Crippen molar-refractivity contribution in [1.82, 2.24) is 20.2 Å². The number of carboxylic acids is 1. The summed E-state index contributed by atoms with van der Waals surface area (Å²) in [6.45, 7) is 7.17. The van der Waals surface area contributed by atoms with Crippen molar-refractivity contribution >= 4 is 40.6 Å². The molecule has 1 saturated heterocycles. The van der Waals surface area contributed by atoms with Crippen molar-refractivity contribution in [2.45, 2.75) is 38.9 Å². The van der Waals surface area contributed by atoms with Crippen molar-refractivity contribution < 1.29 is 32.7 Å². The Morgan fingerprint density at radius 3 is 2.64 bits per heavy atom. The quantitative estimate of drug-likeness (QED) is 0.304. The number of aliphatic carboxylic acids is 1. The minimum atomic E-state index is -4.65. The second-order valence-electron chi connectivity index (χ2n) is 11.5. The van der Waals surface area contributed by atoms with Crippen LogP contribution in [0.2, 0.25) is 0 Å². The molecule has 3 aromatic rings. The number of benzene rings is 1. The molecule has 4 heterocycles. The van der Waals surface area contributed by atoms with E-state index in [2.05, 4.69) is 37.3 Å². The SMILES string of the molecule is CCNC(=O)Nc1cc(-c2nc(C(F)(F)F)cs2)c(-c2ccc3c(c2)C(=O)C(C(=O)O)CN3[C@@H]2C[C@]23CCN(CC)C3)cn1. The van der Waals surface area contributed by atoms with Crippen molar-refractivity contribution in [3.8, 4) is 21.7 Å². The zero-order valence-electron chi connectivity index (χ0n) is 24.1. The van der Waals surface area contributed by atoms with Gasteiger partial charge in [0.2, 0.25) is 0 Å². The summed E-state index contributed by atoms with van der Waals surface area (Å²) < 4.78 is 40.3. The zero-order chi connectivity index (χ0) is 31.4. The average molecular weight is 629 g/mol. The maximum atomic E-state index is 13.5. The van der Waals surface area contributed by atoms with Gasteiger partial charge >= 0.3 is 18.2 Å². The summed E-state index contributed by atoms with van der Waals surface area (Å²) in [6.07, 6.45) is -1.31. The number of halogens is 3. The molecule has 1 aromatic carbocycles. The second kappa shape index (κ2) is 11.1. The lowest BCUT2D eigenvalue weighted by molar-refractivity contribution is -0.141. The Kier molecular flexibility index (Phi) is 7.60. The first-order valence-electron chi connectivity index (χ1n) is 14.4. The number of carbonyl (C=O) groups excluding carboxylic acids is 2. The van der Waals surface area contributed by atoms with E-state index in [0.29, 0.717) is 23.4 Å². The van der Waals surface area contributed by atoms with Gasteiger partial charge in [0.25, 0.3) is 0 Å². The number of hydrogen-bond acceptors (Lipinski definition) is 8. The number of alkyl halides is 3. The van der Waals surface area contributed by atoms with Gasteiger partial charge in [0.05, 0.1) is 0 Å². The van der Waals surface area contributed by atoms with Crippen molar-refractivity contribution in [3.63, 3.8) is 0 Å². The minimum Gasteiger partial charge on any atom is -0.481 e. The summed E-state index contributed by atoms with van der Waals surface area (Å²) in [7, 11) is 0. The number of hydrogen-bond donors (Lipinski definition) is 3. The number of nitrogens with one attached hydrogen (secondary N) is 2. The van der Waals surface area contributed by atoms with Gasteiger partial charge in [-0.15, -0.1) is 11.3 Å². The van der Waals surface area contributed by atoms with Gasteiger partial charge in [0.15, 0.2) is 11.5 Å². The number of pyridine rings is 1. The number of Topliss-reactive ketones (excluding diaryl/α,β-unsaturated/α-hetero) is 1. The molecule has 2 fully saturated rings. The lowest BCUT2D eigenvalue weighted by Gasteiger charge is -2.35. The van der Waals surface area contributed by atoms with Gasteiger partial charge in [-0.05, 0) is 56.6 Å². The predicted molar refractivity (Wildman–Crippen MR) is 159 cm³/mol. The van der Waals surface area contributed by atoms with Gasteiger partial charge in [0, 0.05) is 65.0 Å². The molecule has 0 radical (unpaired) electrons. The molecule has 10 nitrogen and oxygen atoms in total. The van der Waals surface area contributed by atoms with Gasteiger partial charge in [0.1, 0.15) is 16.7 Å². The van der Waals surface area contributed by atoms with E-state index in [1.807, 2.05) is 0 Å². The third-order valence-corrected chi connectivity index (χ3v) is 9.69. The first-order chi connectivity index (χ1) is 20.9. The monoisotopic (exact) mass is 628 g/mol. The molecule has 3 aliphatic rings. The second-order valence-corrected chi connectivity index (χ2v) is 12.3. The van der Waals surface area contributed by atoms with E-state index in [9.17, 15) is 32.7 Å². The number of likely N-dealkylation sites (tertiary alicyclic amines) is 1. The number of amides is 2. The van der Waals surface area contributed by atoms with Crippen molar-refractivity contribution in [2.24, 2.45) is 11.3 Å². The Morgan fingerprint density at radius 2 is 1.98 bits per heavy atom. The average Bonchev–Trinajstić information content (AvgIpc) is 3.29. The van der Waals surface area contributed by atoms with E-state index < -0.39 is 35.6 Å². The molecule has 14 heteroatoms. The van der Waals surface area contributed by atoms with Crippen LogP contribution in [0.15, 0.2) is 35.8 Å². The number of carboxylic acid groups (broad SMARTS) is 1. The molecule has 0 bridgehead atoms. The summed E-state index contributed by atoms with van der Waals surface area (Å²) >= 11 is 0.791. The summed E-state index contributed by atoms with van der Waals surface area (Å²) in [5, 5.41) is 16.1. The molecule has 2 amide bonds. The molecule has 232 valence electrons. The molecule has 1 saturated carbocycles. The van der Waals surface area contributed by atoms with E-state index in [1.165, 1.54) is 12.3 Å². The number of urea groups is 1. The number of nitrogens with zero attached hydrogens (tertiary/aromatic N) is 4. The lowest BCUT2D eigenvalue weighted by atomic mass is 9.87. The van der Waals surface area contributed by atoms with Gasteiger partial charge in [-0.2, -0.15) is 13.2 Å². The summed E-state index contributed by atoms with van der Waals surface area (Å²) in [4.78, 5) is 50.4. The number of fused-ring (bicyclic) bond motifs is 1. The number of ketones is 1. The molecule has 6 rings (SSSR count). The smallest absolute Gasteiger partial charge is 0.434 e. The maximum Gasteiger partial charge on any atom is 0.434 e. The highest BCUT2D eigenvalue weighted by molar-refractivity contribution is 7.13. The number of aromatic nitrogens is 2. The zero-order valence-corrected chi connectivity index (χ0v) is 24.9. The van der Waals surface area contributed by atoms with E-state index >= 15 is 0 Å². The molecule has 1 unspecified atom stereocenters. The fraction of sp³-hybridized carbons (Fsp3) is 0.433. The topological polar surface area (TPSA) is 128 Å². The van der Waals surface area contributed by atoms with Crippen LogP contribution in [-0.4, -0.2) is 76.5 Å². The summed E-state index contributed by atoms with van der Waals surface area (Å²) in [5.41, 5.74) is 1.04. The van der Waals surface area contributed by atoms with Crippen LogP contribution in [0.3, 0.4) is 0 Å². The molecule has 3 atom stereocenters. The first-order valence-corrected chi connectivity index (χ1v) is 15.3. The van der Waals surface area contributed by atoms with Crippen LogP contribution < -0.4 is 15.5 Å². The number of rotatable bonds is 7. The van der Waals surface area contributed by atoms with Gasteiger partial charge in [-0.25, -0.2) is 14.8 Å². The van der Waals surface area contributed by atoms with Gasteiger partial charge in [-0.1, -0.05) is 13.0 Å². The molecule has 44 heavy (non-hydrogen) atoms. The minimum absolute atomic E-state index is 0.0457. The molecular formula is C30H31F3N6O4S. The molecule has 1 aliphatic carbocycles.